The summed E-state index contributed by atoms with van der Waals surface area (Å²) in [5.41, 5.74) is 8.59. The molecule has 4 nitrogen and oxygen atoms in total. The lowest BCUT2D eigenvalue weighted by atomic mass is 9.82. The lowest BCUT2D eigenvalue weighted by Gasteiger charge is -2.28. The molecule has 1 aliphatic rings. The lowest BCUT2D eigenvalue weighted by molar-refractivity contribution is 0.0697. The molecule has 0 saturated heterocycles. The fourth-order valence-corrected chi connectivity index (χ4v) is 5.32. The van der Waals surface area contributed by atoms with Crippen LogP contribution in [0.4, 0.5) is 17.1 Å². The first kappa shape index (κ1) is 23.6. The molecule has 0 amide bonds. The third-order valence-corrected chi connectivity index (χ3v) is 7.27. The summed E-state index contributed by atoms with van der Waals surface area (Å²) in [6.45, 7) is 4.59. The Kier molecular flexibility index (Phi) is 5.73. The number of fused-ring (bicyclic) bond motifs is 3. The molecular weight excluding hydrogens is 470 g/mol. The SMILES string of the molecule is CC1(C)c2ccccc2-c2ccc(N(c3ccccc3)c3ccc(Oc4ccc(C(=O)O)cc4)cc3)cc21. The van der Waals surface area contributed by atoms with Gasteiger partial charge in [-0.2, -0.15) is 0 Å². The number of nitrogens with zero attached hydrogens (tertiary/aromatic N) is 1. The minimum absolute atomic E-state index is 0.0851. The van der Waals surface area contributed by atoms with Crippen LogP contribution in [-0.2, 0) is 5.41 Å². The molecular formula is C34H27NO3. The van der Waals surface area contributed by atoms with Gasteiger partial charge in [-0.05, 0) is 95.1 Å². The van der Waals surface area contributed by atoms with Gasteiger partial charge in [0.1, 0.15) is 11.5 Å². The second kappa shape index (κ2) is 9.24. The van der Waals surface area contributed by atoms with E-state index in [1.165, 1.54) is 34.4 Å². The van der Waals surface area contributed by atoms with E-state index in [0.717, 1.165) is 17.1 Å². The molecule has 0 saturated carbocycles. The molecule has 0 spiro atoms. The van der Waals surface area contributed by atoms with E-state index in [1.807, 2.05) is 42.5 Å². The number of carboxylic acids is 1. The normalized spacial score (nSPS) is 12.9. The van der Waals surface area contributed by atoms with Crippen LogP contribution in [0.25, 0.3) is 11.1 Å². The Labute approximate surface area is 222 Å². The van der Waals surface area contributed by atoms with E-state index in [2.05, 4.69) is 73.3 Å². The van der Waals surface area contributed by atoms with E-state index in [4.69, 9.17) is 9.84 Å². The number of para-hydroxylation sites is 1. The average Bonchev–Trinajstić information content (AvgIpc) is 3.17. The van der Waals surface area contributed by atoms with Gasteiger partial charge in [-0.25, -0.2) is 4.79 Å². The highest BCUT2D eigenvalue weighted by Crippen LogP contribution is 2.50. The maximum absolute atomic E-state index is 11.1. The highest BCUT2D eigenvalue weighted by Gasteiger charge is 2.35. The summed E-state index contributed by atoms with van der Waals surface area (Å²) in [6.07, 6.45) is 0. The Morgan fingerprint density at radius 2 is 1.18 bits per heavy atom. The smallest absolute Gasteiger partial charge is 0.335 e. The summed E-state index contributed by atoms with van der Waals surface area (Å²) in [4.78, 5) is 13.4. The van der Waals surface area contributed by atoms with Crippen LogP contribution in [0.15, 0.2) is 121 Å². The van der Waals surface area contributed by atoms with Gasteiger partial charge in [-0.15, -0.1) is 0 Å². The van der Waals surface area contributed by atoms with Gasteiger partial charge in [0.05, 0.1) is 5.56 Å². The molecule has 5 aromatic rings. The summed E-state index contributed by atoms with van der Waals surface area (Å²) in [5.74, 6) is 0.305. The van der Waals surface area contributed by atoms with Crippen LogP contribution in [0.3, 0.4) is 0 Å². The molecule has 0 unspecified atom stereocenters. The topological polar surface area (TPSA) is 49.8 Å². The highest BCUT2D eigenvalue weighted by molar-refractivity contribution is 5.88. The van der Waals surface area contributed by atoms with Gasteiger partial charge in [0.15, 0.2) is 0 Å². The van der Waals surface area contributed by atoms with Crippen molar-refractivity contribution in [2.45, 2.75) is 19.3 Å². The van der Waals surface area contributed by atoms with Crippen molar-refractivity contribution in [3.8, 4) is 22.6 Å². The van der Waals surface area contributed by atoms with E-state index < -0.39 is 5.97 Å². The zero-order valence-corrected chi connectivity index (χ0v) is 21.3. The van der Waals surface area contributed by atoms with E-state index >= 15 is 0 Å². The van der Waals surface area contributed by atoms with Crippen molar-refractivity contribution in [3.63, 3.8) is 0 Å². The maximum atomic E-state index is 11.1. The molecule has 4 heteroatoms. The molecule has 0 radical (unpaired) electrons. The number of anilines is 3. The van der Waals surface area contributed by atoms with Crippen LogP contribution < -0.4 is 9.64 Å². The Balaban J connectivity index is 1.36. The molecule has 38 heavy (non-hydrogen) atoms. The minimum Gasteiger partial charge on any atom is -0.478 e. The Bertz CT molecular complexity index is 1620. The number of carboxylic acid groups (broad SMARTS) is 1. The average molecular weight is 498 g/mol. The van der Waals surface area contributed by atoms with E-state index in [1.54, 1.807) is 12.1 Å². The van der Waals surface area contributed by atoms with Crippen LogP contribution >= 0.6 is 0 Å². The van der Waals surface area contributed by atoms with Gasteiger partial charge in [-0.1, -0.05) is 62.4 Å². The monoisotopic (exact) mass is 497 g/mol. The van der Waals surface area contributed by atoms with E-state index in [-0.39, 0.29) is 11.0 Å². The van der Waals surface area contributed by atoms with Gasteiger partial charge in [0.2, 0.25) is 0 Å². The van der Waals surface area contributed by atoms with Crippen molar-refractivity contribution in [2.24, 2.45) is 0 Å². The van der Waals surface area contributed by atoms with Crippen molar-refractivity contribution < 1.29 is 14.6 Å². The second-order valence-electron chi connectivity index (χ2n) is 10.00. The Hall–Kier alpha value is -4.83. The number of ether oxygens (including phenoxy) is 1. The maximum Gasteiger partial charge on any atom is 0.335 e. The number of carbonyl (C=O) groups is 1. The predicted molar refractivity (Wildman–Crippen MR) is 152 cm³/mol. The van der Waals surface area contributed by atoms with E-state index in [9.17, 15) is 4.79 Å². The van der Waals surface area contributed by atoms with Gasteiger partial charge in [0, 0.05) is 22.5 Å². The summed E-state index contributed by atoms with van der Waals surface area (Å²) >= 11 is 0. The van der Waals surface area contributed by atoms with Crippen LogP contribution in [0.1, 0.15) is 35.3 Å². The summed E-state index contributed by atoms with van der Waals surface area (Å²) in [6, 6.07) is 40.1. The number of hydrogen-bond acceptors (Lipinski definition) is 3. The number of benzene rings is 5. The summed E-state index contributed by atoms with van der Waals surface area (Å²) in [5, 5.41) is 9.12. The number of hydrogen-bond donors (Lipinski definition) is 1. The molecule has 0 heterocycles. The minimum atomic E-state index is -0.958. The molecule has 186 valence electrons. The summed E-state index contributed by atoms with van der Waals surface area (Å²) < 4.78 is 5.97. The molecule has 0 aliphatic heterocycles. The van der Waals surface area contributed by atoms with Crippen LogP contribution in [0.2, 0.25) is 0 Å². The Morgan fingerprint density at radius 3 is 1.87 bits per heavy atom. The molecule has 0 fully saturated rings. The van der Waals surface area contributed by atoms with Crippen LogP contribution in [0.5, 0.6) is 11.5 Å². The van der Waals surface area contributed by atoms with Crippen LogP contribution in [0, 0.1) is 0 Å². The van der Waals surface area contributed by atoms with Gasteiger partial charge in [-0.3, -0.25) is 0 Å². The van der Waals surface area contributed by atoms with Crippen molar-refractivity contribution in [1.29, 1.82) is 0 Å². The Morgan fingerprint density at radius 1 is 0.632 bits per heavy atom. The van der Waals surface area contributed by atoms with Crippen LogP contribution in [-0.4, -0.2) is 11.1 Å². The van der Waals surface area contributed by atoms with Gasteiger partial charge < -0.3 is 14.7 Å². The first-order valence-electron chi connectivity index (χ1n) is 12.6. The molecule has 1 aliphatic carbocycles. The molecule has 0 atom stereocenters. The highest BCUT2D eigenvalue weighted by atomic mass is 16.5. The zero-order valence-electron chi connectivity index (χ0n) is 21.3. The lowest BCUT2D eigenvalue weighted by Crippen LogP contribution is -2.16. The fourth-order valence-electron chi connectivity index (χ4n) is 5.32. The van der Waals surface area contributed by atoms with Crippen molar-refractivity contribution in [1.82, 2.24) is 0 Å². The van der Waals surface area contributed by atoms with Crippen molar-refractivity contribution in [2.75, 3.05) is 4.90 Å². The fraction of sp³-hybridized carbons (Fsp3) is 0.0882. The van der Waals surface area contributed by atoms with E-state index in [0.29, 0.717) is 11.5 Å². The molecule has 5 aromatic carbocycles. The molecule has 0 aromatic heterocycles. The third-order valence-electron chi connectivity index (χ3n) is 7.27. The quantitative estimate of drug-likeness (QED) is 0.254. The largest absolute Gasteiger partial charge is 0.478 e. The first-order valence-corrected chi connectivity index (χ1v) is 12.6. The first-order chi connectivity index (χ1) is 18.4. The predicted octanol–water partition coefficient (Wildman–Crippen LogP) is 8.95. The standard InChI is InChI=1S/C34H27NO3/c1-34(2)31-11-7-6-10-29(31)30-21-16-26(22-32(30)34)35(24-8-4-3-5-9-24)25-14-19-28(20-15-25)38-27-17-12-23(13-18-27)33(36)37/h3-22H,1-2H3,(H,36,37). The zero-order chi connectivity index (χ0) is 26.3. The molecule has 0 bridgehead atoms. The summed E-state index contributed by atoms with van der Waals surface area (Å²) in [7, 11) is 0. The van der Waals surface area contributed by atoms with Crippen molar-refractivity contribution >= 4 is 23.0 Å². The molecule has 6 rings (SSSR count). The second-order valence-corrected chi connectivity index (χ2v) is 10.00. The third kappa shape index (κ3) is 4.10. The molecule has 1 N–H and O–H groups in total. The number of rotatable bonds is 6. The number of aromatic carboxylic acids is 1. The van der Waals surface area contributed by atoms with Gasteiger partial charge in [0.25, 0.3) is 0 Å². The van der Waals surface area contributed by atoms with Crippen molar-refractivity contribution in [3.05, 3.63) is 138 Å². The van der Waals surface area contributed by atoms with Gasteiger partial charge >= 0.3 is 5.97 Å².